The van der Waals surface area contributed by atoms with Crippen LogP contribution in [0.15, 0.2) is 42.7 Å². The molecule has 0 saturated carbocycles. The fourth-order valence-corrected chi connectivity index (χ4v) is 2.94. The Balaban J connectivity index is 1.83. The number of nitrogens with zero attached hydrogens (tertiary/aromatic N) is 1. The number of rotatable bonds is 7. The molecule has 2 heterocycles. The zero-order chi connectivity index (χ0) is 20.1. The third-order valence-corrected chi connectivity index (χ3v) is 4.24. The first-order valence-corrected chi connectivity index (χ1v) is 8.75. The molecule has 0 bridgehead atoms. The number of hydrogen-bond acceptors (Lipinski definition) is 5. The Hall–Kier alpha value is -3.42. The molecule has 7 nitrogen and oxygen atoms in total. The van der Waals surface area contributed by atoms with Crippen molar-refractivity contribution in [3.05, 3.63) is 59.7 Å². The summed E-state index contributed by atoms with van der Waals surface area (Å²) in [7, 11) is 1.23. The summed E-state index contributed by atoms with van der Waals surface area (Å²) in [6, 6.07) is 6.68. The third kappa shape index (κ3) is 4.11. The van der Waals surface area contributed by atoms with Gasteiger partial charge in [0.2, 0.25) is 5.88 Å². The molecule has 1 amide bonds. The topological polar surface area (TPSA) is 93.3 Å². The molecule has 0 fully saturated rings. The number of methoxy groups -OCH3 is 1. The standard InChI is InChI=1S/C20H20FN3O4/c1-3-28-17-10-12(7-8-22-17)19(25)24-16(20(26)27-2)9-13-11-23-15-6-4-5-14(21)18(13)15/h4-8,10-11,16,23H,3,9H2,1-2H3,(H,24,25). The van der Waals surface area contributed by atoms with E-state index in [9.17, 15) is 14.0 Å². The first kappa shape index (κ1) is 19.3. The Labute approximate surface area is 160 Å². The van der Waals surface area contributed by atoms with Crippen LogP contribution in [0.1, 0.15) is 22.8 Å². The van der Waals surface area contributed by atoms with Crippen molar-refractivity contribution in [3.8, 4) is 5.88 Å². The molecule has 1 atom stereocenters. The number of amides is 1. The van der Waals surface area contributed by atoms with Crippen LogP contribution < -0.4 is 10.1 Å². The maximum atomic E-state index is 14.2. The number of esters is 1. The van der Waals surface area contributed by atoms with Crippen LogP contribution in [0, 0.1) is 5.82 Å². The normalized spacial score (nSPS) is 11.8. The number of ether oxygens (including phenoxy) is 2. The van der Waals surface area contributed by atoms with E-state index in [4.69, 9.17) is 9.47 Å². The zero-order valence-electron chi connectivity index (χ0n) is 15.5. The van der Waals surface area contributed by atoms with Gasteiger partial charge in [-0.25, -0.2) is 14.2 Å². The number of carbonyl (C=O) groups excluding carboxylic acids is 2. The van der Waals surface area contributed by atoms with E-state index < -0.39 is 23.7 Å². The minimum absolute atomic E-state index is 0.0722. The molecule has 0 aliphatic carbocycles. The number of aromatic amines is 1. The van der Waals surface area contributed by atoms with Gasteiger partial charge >= 0.3 is 5.97 Å². The molecular formula is C20H20FN3O4. The number of fused-ring (bicyclic) bond motifs is 1. The number of halogens is 1. The minimum atomic E-state index is -0.986. The van der Waals surface area contributed by atoms with Gasteiger partial charge in [-0.3, -0.25) is 4.79 Å². The monoisotopic (exact) mass is 385 g/mol. The van der Waals surface area contributed by atoms with Gasteiger partial charge in [-0.05, 0) is 30.7 Å². The summed E-state index contributed by atoms with van der Waals surface area (Å²) < 4.78 is 24.3. The van der Waals surface area contributed by atoms with Crippen molar-refractivity contribution in [3.63, 3.8) is 0 Å². The van der Waals surface area contributed by atoms with Crippen LogP contribution in [0.25, 0.3) is 10.9 Å². The molecule has 0 aliphatic heterocycles. The molecule has 0 spiro atoms. The van der Waals surface area contributed by atoms with Gasteiger partial charge in [-0.1, -0.05) is 6.07 Å². The predicted octanol–water partition coefficient (Wildman–Crippen LogP) is 2.61. The van der Waals surface area contributed by atoms with Gasteiger partial charge in [0, 0.05) is 41.3 Å². The largest absolute Gasteiger partial charge is 0.478 e. The van der Waals surface area contributed by atoms with E-state index in [1.807, 2.05) is 6.92 Å². The van der Waals surface area contributed by atoms with Crippen molar-refractivity contribution in [1.82, 2.24) is 15.3 Å². The second-order valence-corrected chi connectivity index (χ2v) is 6.05. The highest BCUT2D eigenvalue weighted by Crippen LogP contribution is 2.23. The van der Waals surface area contributed by atoms with Crippen molar-refractivity contribution in [1.29, 1.82) is 0 Å². The van der Waals surface area contributed by atoms with Gasteiger partial charge < -0.3 is 19.8 Å². The first-order chi connectivity index (χ1) is 13.5. The van der Waals surface area contributed by atoms with Gasteiger partial charge in [-0.2, -0.15) is 0 Å². The second-order valence-electron chi connectivity index (χ2n) is 6.05. The fraction of sp³-hybridized carbons (Fsp3) is 0.250. The number of pyridine rings is 1. The van der Waals surface area contributed by atoms with Crippen LogP contribution in [0.4, 0.5) is 4.39 Å². The van der Waals surface area contributed by atoms with E-state index in [-0.39, 0.29) is 12.0 Å². The van der Waals surface area contributed by atoms with E-state index in [1.54, 1.807) is 18.3 Å². The Kier molecular flexibility index (Phi) is 5.88. The second kappa shape index (κ2) is 8.51. The Morgan fingerprint density at radius 2 is 2.14 bits per heavy atom. The van der Waals surface area contributed by atoms with E-state index >= 15 is 0 Å². The minimum Gasteiger partial charge on any atom is -0.478 e. The first-order valence-electron chi connectivity index (χ1n) is 8.75. The van der Waals surface area contributed by atoms with Crippen LogP contribution in [-0.2, 0) is 16.0 Å². The van der Waals surface area contributed by atoms with Crippen molar-refractivity contribution in [2.75, 3.05) is 13.7 Å². The zero-order valence-corrected chi connectivity index (χ0v) is 15.5. The number of H-pyrrole nitrogens is 1. The molecule has 2 N–H and O–H groups in total. The number of carbonyl (C=O) groups is 2. The van der Waals surface area contributed by atoms with E-state index in [0.29, 0.717) is 29.0 Å². The van der Waals surface area contributed by atoms with Gasteiger partial charge in [0.05, 0.1) is 13.7 Å². The van der Waals surface area contributed by atoms with Crippen LogP contribution in [0.2, 0.25) is 0 Å². The molecule has 0 saturated heterocycles. The molecule has 1 aromatic carbocycles. The highest BCUT2D eigenvalue weighted by atomic mass is 19.1. The number of benzene rings is 1. The van der Waals surface area contributed by atoms with Gasteiger partial charge in [0.15, 0.2) is 0 Å². The van der Waals surface area contributed by atoms with E-state index in [1.165, 1.54) is 31.5 Å². The SMILES string of the molecule is CCOc1cc(C(=O)NC(Cc2c[nH]c3cccc(F)c23)C(=O)OC)ccn1. The number of hydrogen-bond donors (Lipinski definition) is 2. The lowest BCUT2D eigenvalue weighted by atomic mass is 10.0. The maximum Gasteiger partial charge on any atom is 0.328 e. The average Bonchev–Trinajstić information content (AvgIpc) is 3.11. The molecule has 146 valence electrons. The van der Waals surface area contributed by atoms with Crippen LogP contribution in [0.5, 0.6) is 5.88 Å². The van der Waals surface area contributed by atoms with E-state index in [2.05, 4.69) is 15.3 Å². The summed E-state index contributed by atoms with van der Waals surface area (Å²) in [6.07, 6.45) is 3.14. The van der Waals surface area contributed by atoms with Crippen LogP contribution in [-0.4, -0.2) is 41.6 Å². The van der Waals surface area contributed by atoms with Gasteiger partial charge in [0.1, 0.15) is 11.9 Å². The lowest BCUT2D eigenvalue weighted by Crippen LogP contribution is -2.43. The molecule has 2 aromatic heterocycles. The average molecular weight is 385 g/mol. The lowest BCUT2D eigenvalue weighted by Gasteiger charge is -2.16. The molecule has 3 aromatic rings. The highest BCUT2D eigenvalue weighted by Gasteiger charge is 2.25. The summed E-state index contributed by atoms with van der Waals surface area (Å²) in [5, 5.41) is 3.03. The lowest BCUT2D eigenvalue weighted by molar-refractivity contribution is -0.142. The summed E-state index contributed by atoms with van der Waals surface area (Å²) in [6.45, 7) is 2.22. The predicted molar refractivity (Wildman–Crippen MR) is 101 cm³/mol. The Morgan fingerprint density at radius 1 is 1.32 bits per heavy atom. The molecule has 0 aliphatic rings. The number of aromatic nitrogens is 2. The van der Waals surface area contributed by atoms with Gasteiger partial charge in [0.25, 0.3) is 5.91 Å². The van der Waals surface area contributed by atoms with E-state index in [0.717, 1.165) is 0 Å². The third-order valence-electron chi connectivity index (χ3n) is 4.24. The summed E-state index contributed by atoms with van der Waals surface area (Å²) in [5.41, 5.74) is 1.46. The molecular weight excluding hydrogens is 365 g/mol. The van der Waals surface area contributed by atoms with Crippen LogP contribution >= 0.6 is 0 Å². The van der Waals surface area contributed by atoms with Gasteiger partial charge in [-0.15, -0.1) is 0 Å². The summed E-state index contributed by atoms with van der Waals surface area (Å²) in [5.74, 6) is -1.21. The molecule has 0 radical (unpaired) electrons. The van der Waals surface area contributed by atoms with Crippen molar-refractivity contribution in [2.24, 2.45) is 0 Å². The smallest absolute Gasteiger partial charge is 0.328 e. The Bertz CT molecular complexity index is 1000. The number of nitrogens with one attached hydrogen (secondary N) is 2. The molecule has 1 unspecified atom stereocenters. The van der Waals surface area contributed by atoms with Crippen molar-refractivity contribution >= 4 is 22.8 Å². The van der Waals surface area contributed by atoms with Crippen LogP contribution in [0.3, 0.4) is 0 Å². The summed E-state index contributed by atoms with van der Waals surface area (Å²) >= 11 is 0. The maximum absolute atomic E-state index is 14.2. The molecule has 8 heteroatoms. The molecule has 3 rings (SSSR count). The Morgan fingerprint density at radius 3 is 2.89 bits per heavy atom. The summed E-state index contributed by atoms with van der Waals surface area (Å²) in [4.78, 5) is 31.8. The quantitative estimate of drug-likeness (QED) is 0.610. The molecule has 28 heavy (non-hydrogen) atoms. The van der Waals surface area contributed by atoms with Crippen molar-refractivity contribution in [2.45, 2.75) is 19.4 Å². The fourth-order valence-electron chi connectivity index (χ4n) is 2.94. The highest BCUT2D eigenvalue weighted by molar-refractivity contribution is 5.97. The van der Waals surface area contributed by atoms with Crippen molar-refractivity contribution < 1.29 is 23.5 Å².